The standard InChI is InChI=1S/C18H21N3S/c1-5-15-20-17(16-12(3)13(4)22-18(16)21-15)19-10-14-8-6-11(2)7-9-14/h6-9H,5,10H2,1-4H3,(H,19,20,21). The molecule has 0 unspecified atom stereocenters. The molecule has 2 heterocycles. The van der Waals surface area contributed by atoms with Gasteiger partial charge in [-0.3, -0.25) is 0 Å². The lowest BCUT2D eigenvalue weighted by atomic mass is 10.1. The topological polar surface area (TPSA) is 37.8 Å². The van der Waals surface area contributed by atoms with Crippen molar-refractivity contribution in [3.8, 4) is 0 Å². The Bertz CT molecular complexity index is 803. The average Bonchev–Trinajstić information content (AvgIpc) is 2.81. The average molecular weight is 311 g/mol. The van der Waals surface area contributed by atoms with Gasteiger partial charge in [0.25, 0.3) is 0 Å². The van der Waals surface area contributed by atoms with E-state index in [1.165, 1.54) is 27.0 Å². The Kier molecular flexibility index (Phi) is 4.12. The summed E-state index contributed by atoms with van der Waals surface area (Å²) in [7, 11) is 0. The van der Waals surface area contributed by atoms with E-state index in [2.05, 4.69) is 62.3 Å². The maximum absolute atomic E-state index is 4.71. The molecule has 3 aromatic rings. The van der Waals surface area contributed by atoms with Crippen LogP contribution in [0, 0.1) is 20.8 Å². The Morgan fingerprint density at radius 3 is 2.45 bits per heavy atom. The minimum Gasteiger partial charge on any atom is -0.365 e. The van der Waals surface area contributed by atoms with Crippen molar-refractivity contribution in [1.29, 1.82) is 0 Å². The molecule has 0 aliphatic rings. The third-order valence-electron chi connectivity index (χ3n) is 3.97. The lowest BCUT2D eigenvalue weighted by Crippen LogP contribution is -2.05. The first kappa shape index (κ1) is 15.0. The third kappa shape index (κ3) is 2.83. The molecule has 0 saturated heterocycles. The summed E-state index contributed by atoms with van der Waals surface area (Å²) in [5, 5.41) is 4.68. The van der Waals surface area contributed by atoms with Crippen molar-refractivity contribution in [3.63, 3.8) is 0 Å². The molecule has 0 radical (unpaired) electrons. The highest BCUT2D eigenvalue weighted by molar-refractivity contribution is 7.18. The van der Waals surface area contributed by atoms with Gasteiger partial charge in [-0.25, -0.2) is 9.97 Å². The van der Waals surface area contributed by atoms with Gasteiger partial charge in [-0.15, -0.1) is 11.3 Å². The Labute approximate surface area is 135 Å². The maximum atomic E-state index is 4.71. The first-order valence-electron chi connectivity index (χ1n) is 7.64. The number of nitrogens with one attached hydrogen (secondary N) is 1. The van der Waals surface area contributed by atoms with E-state index in [0.29, 0.717) is 0 Å². The number of hydrogen-bond acceptors (Lipinski definition) is 4. The molecule has 0 fully saturated rings. The highest BCUT2D eigenvalue weighted by atomic mass is 32.1. The van der Waals surface area contributed by atoms with E-state index in [4.69, 9.17) is 4.98 Å². The summed E-state index contributed by atoms with van der Waals surface area (Å²) in [5.41, 5.74) is 3.83. The number of fused-ring (bicyclic) bond motifs is 1. The van der Waals surface area contributed by atoms with Crippen molar-refractivity contribution in [2.45, 2.75) is 40.7 Å². The molecule has 0 bridgehead atoms. The quantitative estimate of drug-likeness (QED) is 0.752. The van der Waals surface area contributed by atoms with Crippen LogP contribution in [0.5, 0.6) is 0 Å². The van der Waals surface area contributed by atoms with Gasteiger partial charge < -0.3 is 5.32 Å². The summed E-state index contributed by atoms with van der Waals surface area (Å²) in [5.74, 6) is 1.87. The van der Waals surface area contributed by atoms with E-state index < -0.39 is 0 Å². The highest BCUT2D eigenvalue weighted by Gasteiger charge is 2.13. The van der Waals surface area contributed by atoms with Gasteiger partial charge in [-0.05, 0) is 31.9 Å². The fraction of sp³-hybridized carbons (Fsp3) is 0.333. The first-order chi connectivity index (χ1) is 10.6. The van der Waals surface area contributed by atoms with Gasteiger partial charge in [0.1, 0.15) is 16.5 Å². The monoisotopic (exact) mass is 311 g/mol. The second kappa shape index (κ2) is 6.05. The van der Waals surface area contributed by atoms with Crippen LogP contribution in [0.2, 0.25) is 0 Å². The van der Waals surface area contributed by atoms with Crippen LogP contribution in [-0.2, 0) is 13.0 Å². The number of anilines is 1. The van der Waals surface area contributed by atoms with Crippen molar-refractivity contribution < 1.29 is 0 Å². The largest absolute Gasteiger partial charge is 0.365 e. The van der Waals surface area contributed by atoms with Gasteiger partial charge in [0, 0.05) is 17.8 Å². The molecule has 0 saturated carbocycles. The van der Waals surface area contributed by atoms with Crippen LogP contribution in [0.1, 0.15) is 34.3 Å². The van der Waals surface area contributed by atoms with Gasteiger partial charge in [0.05, 0.1) is 5.39 Å². The van der Waals surface area contributed by atoms with Crippen molar-refractivity contribution in [1.82, 2.24) is 9.97 Å². The van der Waals surface area contributed by atoms with E-state index in [0.717, 1.165) is 29.4 Å². The molecule has 22 heavy (non-hydrogen) atoms. The third-order valence-corrected chi connectivity index (χ3v) is 5.07. The van der Waals surface area contributed by atoms with Crippen LogP contribution in [0.3, 0.4) is 0 Å². The zero-order chi connectivity index (χ0) is 15.7. The minimum absolute atomic E-state index is 0.782. The number of aromatic nitrogens is 2. The van der Waals surface area contributed by atoms with E-state index in [1.54, 1.807) is 11.3 Å². The fourth-order valence-electron chi connectivity index (χ4n) is 2.47. The van der Waals surface area contributed by atoms with E-state index >= 15 is 0 Å². The lowest BCUT2D eigenvalue weighted by molar-refractivity contribution is 0.956. The second-order valence-corrected chi connectivity index (χ2v) is 6.85. The molecule has 2 aromatic heterocycles. The van der Waals surface area contributed by atoms with Crippen LogP contribution < -0.4 is 5.32 Å². The normalized spacial score (nSPS) is 11.1. The van der Waals surface area contributed by atoms with Crippen LogP contribution >= 0.6 is 11.3 Å². The Morgan fingerprint density at radius 1 is 1.05 bits per heavy atom. The molecule has 0 spiro atoms. The molecule has 1 N–H and O–H groups in total. The van der Waals surface area contributed by atoms with Crippen molar-refractivity contribution in [2.24, 2.45) is 0 Å². The molecule has 3 nitrogen and oxygen atoms in total. The summed E-state index contributed by atoms with van der Waals surface area (Å²) in [6, 6.07) is 8.61. The van der Waals surface area contributed by atoms with E-state index in [9.17, 15) is 0 Å². The molecule has 0 aliphatic heterocycles. The number of aryl methyl sites for hydroxylation is 4. The SMILES string of the molecule is CCc1nc(NCc2ccc(C)cc2)c2c(C)c(C)sc2n1. The summed E-state index contributed by atoms with van der Waals surface area (Å²) in [6.45, 7) is 9.29. The number of hydrogen-bond donors (Lipinski definition) is 1. The fourth-order valence-corrected chi connectivity index (χ4v) is 3.52. The Balaban J connectivity index is 1.96. The number of nitrogens with zero attached hydrogens (tertiary/aromatic N) is 2. The van der Waals surface area contributed by atoms with Crippen LogP contribution in [0.15, 0.2) is 24.3 Å². The molecule has 1 aromatic carbocycles. The molecule has 4 heteroatoms. The van der Waals surface area contributed by atoms with E-state index in [-0.39, 0.29) is 0 Å². The molecule has 114 valence electrons. The van der Waals surface area contributed by atoms with Gasteiger partial charge >= 0.3 is 0 Å². The maximum Gasteiger partial charge on any atom is 0.139 e. The zero-order valence-corrected chi connectivity index (χ0v) is 14.3. The zero-order valence-electron chi connectivity index (χ0n) is 13.5. The Morgan fingerprint density at radius 2 is 1.77 bits per heavy atom. The van der Waals surface area contributed by atoms with Crippen LogP contribution in [-0.4, -0.2) is 9.97 Å². The number of rotatable bonds is 4. The highest BCUT2D eigenvalue weighted by Crippen LogP contribution is 2.33. The minimum atomic E-state index is 0.782. The molecule has 0 aliphatic carbocycles. The summed E-state index contributed by atoms with van der Waals surface area (Å²) < 4.78 is 0. The van der Waals surface area contributed by atoms with Crippen LogP contribution in [0.25, 0.3) is 10.2 Å². The van der Waals surface area contributed by atoms with Crippen LogP contribution in [0.4, 0.5) is 5.82 Å². The lowest BCUT2D eigenvalue weighted by Gasteiger charge is -2.09. The predicted octanol–water partition coefficient (Wildman–Crippen LogP) is 4.79. The molecular weight excluding hydrogens is 290 g/mol. The first-order valence-corrected chi connectivity index (χ1v) is 8.46. The van der Waals surface area contributed by atoms with Gasteiger partial charge in [-0.2, -0.15) is 0 Å². The predicted molar refractivity (Wildman–Crippen MR) is 94.8 cm³/mol. The smallest absolute Gasteiger partial charge is 0.139 e. The second-order valence-electron chi connectivity index (χ2n) is 5.64. The van der Waals surface area contributed by atoms with Crippen molar-refractivity contribution in [2.75, 3.05) is 5.32 Å². The number of thiophene rings is 1. The van der Waals surface area contributed by atoms with Gasteiger partial charge in [-0.1, -0.05) is 36.8 Å². The van der Waals surface area contributed by atoms with Crippen molar-refractivity contribution >= 4 is 27.4 Å². The molecular formula is C18H21N3S. The van der Waals surface area contributed by atoms with Gasteiger partial charge in [0.2, 0.25) is 0 Å². The van der Waals surface area contributed by atoms with Crippen molar-refractivity contribution in [3.05, 3.63) is 51.7 Å². The summed E-state index contributed by atoms with van der Waals surface area (Å²) >= 11 is 1.75. The molecule has 0 atom stereocenters. The summed E-state index contributed by atoms with van der Waals surface area (Å²) in [6.07, 6.45) is 0.852. The van der Waals surface area contributed by atoms with E-state index in [1.807, 2.05) is 0 Å². The van der Waals surface area contributed by atoms with Gasteiger partial charge in [0.15, 0.2) is 0 Å². The molecule has 0 amide bonds. The molecule has 3 rings (SSSR count). The summed E-state index contributed by atoms with van der Waals surface area (Å²) in [4.78, 5) is 11.8. The number of benzene rings is 1. The Hall–Kier alpha value is -1.94.